The van der Waals surface area contributed by atoms with E-state index in [2.05, 4.69) is 53.3 Å². The van der Waals surface area contributed by atoms with Gasteiger partial charge in [-0.2, -0.15) is 0 Å². The third kappa shape index (κ3) is 5.36. The number of anilines is 1. The lowest BCUT2D eigenvalue weighted by molar-refractivity contribution is 0.0135. The normalized spacial score (nSPS) is 18.0. The lowest BCUT2D eigenvalue weighted by Gasteiger charge is -2.32. The predicted molar refractivity (Wildman–Crippen MR) is 114 cm³/mol. The Kier molecular flexibility index (Phi) is 7.12. The van der Waals surface area contributed by atoms with Gasteiger partial charge in [-0.3, -0.25) is 9.89 Å². The molecule has 0 spiro atoms. The molecule has 6 nitrogen and oxygen atoms in total. The zero-order valence-corrected chi connectivity index (χ0v) is 17.1. The van der Waals surface area contributed by atoms with E-state index in [1.807, 2.05) is 19.1 Å². The highest BCUT2D eigenvalue weighted by atomic mass is 16.5. The summed E-state index contributed by atoms with van der Waals surface area (Å²) in [5.74, 6) is 2.81. The number of rotatable bonds is 7. The molecule has 3 N–H and O–H groups in total. The summed E-state index contributed by atoms with van der Waals surface area (Å²) in [6, 6.07) is 12.5. The van der Waals surface area contributed by atoms with Crippen LogP contribution in [0.4, 0.5) is 5.69 Å². The minimum Gasteiger partial charge on any atom is -0.465 e. The number of guanidine groups is 1. The Balaban J connectivity index is 1.66. The number of furan rings is 1. The van der Waals surface area contributed by atoms with Crippen molar-refractivity contribution in [1.82, 2.24) is 4.90 Å². The summed E-state index contributed by atoms with van der Waals surface area (Å²) in [5.41, 5.74) is 8.44. The molecular formula is C22H32N4O2. The third-order valence-electron chi connectivity index (χ3n) is 5.38. The molecule has 0 radical (unpaired) electrons. The molecule has 0 saturated carbocycles. The number of aryl methyl sites for hydroxylation is 1. The molecule has 2 aromatic rings. The highest BCUT2D eigenvalue weighted by molar-refractivity contribution is 5.92. The van der Waals surface area contributed by atoms with Crippen LogP contribution in [0, 0.1) is 6.92 Å². The molecule has 6 heteroatoms. The molecule has 2 heterocycles. The lowest BCUT2D eigenvalue weighted by atomic mass is 9.99. The van der Waals surface area contributed by atoms with E-state index in [0.717, 1.165) is 49.9 Å². The van der Waals surface area contributed by atoms with Gasteiger partial charge in [0, 0.05) is 18.8 Å². The Labute approximate surface area is 167 Å². The first kappa shape index (κ1) is 20.4. The van der Waals surface area contributed by atoms with Crippen LogP contribution in [0.3, 0.4) is 0 Å². The topological polar surface area (TPSA) is 76.0 Å². The molecule has 1 aliphatic rings. The van der Waals surface area contributed by atoms with Gasteiger partial charge in [0.05, 0.1) is 25.8 Å². The number of hydrogen-bond acceptors (Lipinski definition) is 4. The SMILES string of the molecule is CCC(C)c1ccc(NC(N)=NCC(c2ccc(C)o2)N2CCOCC2)cc1. The van der Waals surface area contributed by atoms with Gasteiger partial charge in [-0.25, -0.2) is 0 Å². The Morgan fingerprint density at radius 2 is 1.89 bits per heavy atom. The summed E-state index contributed by atoms with van der Waals surface area (Å²) < 4.78 is 11.4. The van der Waals surface area contributed by atoms with Gasteiger partial charge < -0.3 is 20.2 Å². The van der Waals surface area contributed by atoms with Crippen LogP contribution < -0.4 is 11.1 Å². The van der Waals surface area contributed by atoms with E-state index in [1.54, 1.807) is 0 Å². The molecule has 0 aliphatic carbocycles. The van der Waals surface area contributed by atoms with Gasteiger partial charge in [-0.05, 0) is 49.1 Å². The predicted octanol–water partition coefficient (Wildman–Crippen LogP) is 3.90. The summed E-state index contributed by atoms with van der Waals surface area (Å²) in [6.07, 6.45) is 1.13. The van der Waals surface area contributed by atoms with Crippen LogP contribution >= 0.6 is 0 Å². The number of nitrogens with one attached hydrogen (secondary N) is 1. The molecule has 2 unspecified atom stereocenters. The third-order valence-corrected chi connectivity index (χ3v) is 5.38. The quantitative estimate of drug-likeness (QED) is 0.559. The van der Waals surface area contributed by atoms with Crippen molar-refractivity contribution in [2.24, 2.45) is 10.7 Å². The summed E-state index contributed by atoms with van der Waals surface area (Å²) >= 11 is 0. The Morgan fingerprint density at radius 1 is 1.18 bits per heavy atom. The lowest BCUT2D eigenvalue weighted by Crippen LogP contribution is -2.40. The second-order valence-corrected chi connectivity index (χ2v) is 7.39. The fourth-order valence-electron chi connectivity index (χ4n) is 3.41. The van der Waals surface area contributed by atoms with Crippen molar-refractivity contribution >= 4 is 11.6 Å². The molecule has 1 saturated heterocycles. The van der Waals surface area contributed by atoms with E-state index in [0.29, 0.717) is 18.4 Å². The number of ether oxygens (including phenoxy) is 1. The number of morpholine rings is 1. The Hall–Kier alpha value is -2.31. The van der Waals surface area contributed by atoms with Crippen molar-refractivity contribution in [3.8, 4) is 0 Å². The minimum absolute atomic E-state index is 0.0609. The molecule has 1 aliphatic heterocycles. The average Bonchev–Trinajstić information content (AvgIpc) is 3.15. The average molecular weight is 385 g/mol. The fourth-order valence-corrected chi connectivity index (χ4v) is 3.41. The number of aliphatic imine (C=N–C) groups is 1. The Morgan fingerprint density at radius 3 is 2.50 bits per heavy atom. The van der Waals surface area contributed by atoms with E-state index >= 15 is 0 Å². The summed E-state index contributed by atoms with van der Waals surface area (Å²) in [7, 11) is 0. The molecule has 1 fully saturated rings. The van der Waals surface area contributed by atoms with Gasteiger partial charge in [0.1, 0.15) is 11.5 Å². The van der Waals surface area contributed by atoms with Crippen molar-refractivity contribution < 1.29 is 9.15 Å². The maximum absolute atomic E-state index is 6.16. The van der Waals surface area contributed by atoms with Gasteiger partial charge >= 0.3 is 0 Å². The maximum atomic E-state index is 6.16. The minimum atomic E-state index is 0.0609. The van der Waals surface area contributed by atoms with Gasteiger partial charge in [-0.15, -0.1) is 0 Å². The largest absolute Gasteiger partial charge is 0.465 e. The molecule has 2 atom stereocenters. The van der Waals surface area contributed by atoms with Crippen LogP contribution in [0.25, 0.3) is 0 Å². The summed E-state index contributed by atoms with van der Waals surface area (Å²) in [6.45, 7) is 10.1. The smallest absolute Gasteiger partial charge is 0.193 e. The molecule has 1 aromatic carbocycles. The van der Waals surface area contributed by atoms with Gasteiger partial charge in [0.2, 0.25) is 0 Å². The highest BCUT2D eigenvalue weighted by Crippen LogP contribution is 2.24. The standard InChI is InChI=1S/C22H32N4O2/c1-4-16(2)18-6-8-19(9-7-18)25-22(23)24-15-20(21-10-5-17(3)28-21)26-11-13-27-14-12-26/h5-10,16,20H,4,11-15H2,1-3H3,(H3,23,24,25). The molecular weight excluding hydrogens is 352 g/mol. The van der Waals surface area contributed by atoms with E-state index in [4.69, 9.17) is 14.9 Å². The van der Waals surface area contributed by atoms with E-state index in [-0.39, 0.29) is 6.04 Å². The first-order chi connectivity index (χ1) is 13.6. The van der Waals surface area contributed by atoms with Crippen LogP contribution in [0.2, 0.25) is 0 Å². The van der Waals surface area contributed by atoms with Crippen LogP contribution in [-0.4, -0.2) is 43.7 Å². The molecule has 0 bridgehead atoms. The molecule has 3 rings (SSSR count). The summed E-state index contributed by atoms with van der Waals surface area (Å²) in [4.78, 5) is 6.94. The second kappa shape index (κ2) is 9.75. The van der Waals surface area contributed by atoms with Gasteiger partial charge in [0.15, 0.2) is 5.96 Å². The monoisotopic (exact) mass is 384 g/mol. The van der Waals surface area contributed by atoms with E-state index < -0.39 is 0 Å². The van der Waals surface area contributed by atoms with Crippen LogP contribution in [0.5, 0.6) is 0 Å². The highest BCUT2D eigenvalue weighted by Gasteiger charge is 2.25. The van der Waals surface area contributed by atoms with Crippen molar-refractivity contribution in [2.45, 2.75) is 39.2 Å². The maximum Gasteiger partial charge on any atom is 0.193 e. The molecule has 28 heavy (non-hydrogen) atoms. The van der Waals surface area contributed by atoms with Crippen molar-refractivity contribution in [1.29, 1.82) is 0 Å². The molecule has 0 amide bonds. The van der Waals surface area contributed by atoms with Gasteiger partial charge in [0.25, 0.3) is 0 Å². The number of nitrogens with zero attached hydrogens (tertiary/aromatic N) is 2. The number of hydrogen-bond donors (Lipinski definition) is 2. The van der Waals surface area contributed by atoms with Crippen LogP contribution in [0.15, 0.2) is 45.8 Å². The second-order valence-electron chi connectivity index (χ2n) is 7.39. The zero-order chi connectivity index (χ0) is 19.9. The van der Waals surface area contributed by atoms with E-state index in [1.165, 1.54) is 5.56 Å². The van der Waals surface area contributed by atoms with Crippen molar-refractivity contribution in [2.75, 3.05) is 38.2 Å². The molecule has 152 valence electrons. The van der Waals surface area contributed by atoms with Gasteiger partial charge in [-0.1, -0.05) is 26.0 Å². The number of nitrogens with two attached hydrogens (primary N) is 1. The van der Waals surface area contributed by atoms with Crippen LogP contribution in [-0.2, 0) is 4.74 Å². The zero-order valence-electron chi connectivity index (χ0n) is 17.1. The first-order valence-corrected chi connectivity index (χ1v) is 10.1. The van der Waals surface area contributed by atoms with Crippen LogP contribution in [0.1, 0.15) is 49.3 Å². The first-order valence-electron chi connectivity index (χ1n) is 10.1. The number of benzene rings is 1. The molecule has 1 aromatic heterocycles. The fraction of sp³-hybridized carbons (Fsp3) is 0.500. The summed E-state index contributed by atoms with van der Waals surface area (Å²) in [5, 5.41) is 3.19. The van der Waals surface area contributed by atoms with E-state index in [9.17, 15) is 0 Å². The van der Waals surface area contributed by atoms with Crippen molar-refractivity contribution in [3.63, 3.8) is 0 Å². The van der Waals surface area contributed by atoms with Crippen molar-refractivity contribution in [3.05, 3.63) is 53.5 Å². The Bertz CT molecular complexity index is 763.